The Morgan fingerprint density at radius 1 is 0.349 bits per heavy atom. The number of benzene rings is 1. The van der Waals surface area contributed by atoms with Gasteiger partial charge in [0.05, 0.1) is 13.2 Å². The second kappa shape index (κ2) is 48.6. The summed E-state index contributed by atoms with van der Waals surface area (Å²) < 4.78 is 13.4. The van der Waals surface area contributed by atoms with E-state index >= 15 is 0 Å². The molecule has 5 heteroatoms. The molecule has 0 saturated heterocycles. The Morgan fingerprint density at radius 2 is 0.619 bits per heavy atom. The Bertz CT molecular complexity index is 956. The third-order valence-corrected chi connectivity index (χ3v) is 13.5. The summed E-state index contributed by atoms with van der Waals surface area (Å²) in [6.07, 6.45) is 54.8. The molecular weight excluding hydrogens is 773 g/mol. The highest BCUT2D eigenvalue weighted by Gasteiger charge is 2.18. The quantitative estimate of drug-likeness (QED) is 0.0522. The predicted molar refractivity (Wildman–Crippen MR) is 279 cm³/mol. The number of phenols is 1. The lowest BCUT2D eigenvalue weighted by Gasteiger charge is -2.29. The van der Waals surface area contributed by atoms with E-state index in [-0.39, 0.29) is 12.0 Å². The van der Waals surface area contributed by atoms with Gasteiger partial charge in [-0.15, -0.1) is 0 Å². The largest absolute Gasteiger partial charge is 0.508 e. The summed E-state index contributed by atoms with van der Waals surface area (Å²) in [6, 6.07) is 7.25. The maximum absolute atomic E-state index is 10.0. The molecule has 0 amide bonds. The molecule has 1 rings (SSSR count). The molecule has 5 nitrogen and oxygen atoms in total. The molecule has 372 valence electrons. The Labute approximate surface area is 395 Å². The zero-order valence-electron chi connectivity index (χ0n) is 43.3. The number of unbranched alkanes of at least 4 members (excludes halogenated alkanes) is 36. The van der Waals surface area contributed by atoms with Gasteiger partial charge in [0.1, 0.15) is 11.5 Å². The van der Waals surface area contributed by atoms with E-state index in [1.165, 1.54) is 270 Å². The molecule has 1 aromatic carbocycles. The van der Waals surface area contributed by atoms with E-state index < -0.39 is 0 Å². The van der Waals surface area contributed by atoms with Crippen LogP contribution >= 0.6 is 0 Å². The predicted octanol–water partition coefficient (Wildman–Crippen LogP) is 18.4. The van der Waals surface area contributed by atoms with Gasteiger partial charge in [-0.2, -0.15) is 0 Å². The summed E-state index contributed by atoms with van der Waals surface area (Å²) >= 11 is 0. The minimum absolute atomic E-state index is 0.276. The monoisotopic (exact) mass is 885 g/mol. The van der Waals surface area contributed by atoms with Crippen LogP contribution in [0, 0.1) is 0 Å². The lowest BCUT2D eigenvalue weighted by Crippen LogP contribution is -2.40. The molecule has 0 saturated carbocycles. The fourth-order valence-electron chi connectivity index (χ4n) is 9.25. The van der Waals surface area contributed by atoms with Gasteiger partial charge in [0.2, 0.25) is 6.29 Å². The number of ether oxygens (including phenoxy) is 2. The summed E-state index contributed by atoms with van der Waals surface area (Å²) in [5.41, 5.74) is 0. The van der Waals surface area contributed by atoms with Gasteiger partial charge in [0.15, 0.2) is 0 Å². The molecular formula is C58H112N2O3. The van der Waals surface area contributed by atoms with Crippen LogP contribution in [0.2, 0.25) is 0 Å². The average molecular weight is 886 g/mol. The van der Waals surface area contributed by atoms with Crippen LogP contribution in [0.3, 0.4) is 0 Å². The van der Waals surface area contributed by atoms with E-state index in [2.05, 4.69) is 37.5 Å². The molecule has 0 fully saturated rings. The van der Waals surface area contributed by atoms with Crippen LogP contribution in [0.25, 0.3) is 0 Å². The summed E-state index contributed by atoms with van der Waals surface area (Å²) in [7, 11) is 0. The highest BCUT2D eigenvalue weighted by atomic mass is 16.7. The highest BCUT2D eigenvalue weighted by molar-refractivity contribution is 5.30. The molecule has 1 atom stereocenters. The van der Waals surface area contributed by atoms with Crippen molar-refractivity contribution in [3.63, 3.8) is 0 Å². The van der Waals surface area contributed by atoms with Crippen molar-refractivity contribution < 1.29 is 14.6 Å². The van der Waals surface area contributed by atoms with Crippen molar-refractivity contribution in [2.24, 2.45) is 0 Å². The van der Waals surface area contributed by atoms with Crippen LogP contribution in [-0.4, -0.2) is 67.1 Å². The van der Waals surface area contributed by atoms with Crippen molar-refractivity contribution in [2.45, 2.75) is 291 Å². The number of hydrogen-bond acceptors (Lipinski definition) is 5. The Morgan fingerprint density at radius 3 is 0.921 bits per heavy atom. The van der Waals surface area contributed by atoms with Gasteiger partial charge in [-0.3, -0.25) is 4.90 Å². The zero-order chi connectivity index (χ0) is 45.4. The van der Waals surface area contributed by atoms with Crippen LogP contribution in [0.5, 0.6) is 11.5 Å². The molecule has 1 aromatic rings. The van der Waals surface area contributed by atoms with Gasteiger partial charge in [-0.25, -0.2) is 0 Å². The second-order valence-corrected chi connectivity index (χ2v) is 19.8. The first-order valence-corrected chi connectivity index (χ1v) is 28.6. The van der Waals surface area contributed by atoms with Crippen molar-refractivity contribution in [1.29, 1.82) is 0 Å². The maximum Gasteiger partial charge on any atom is 0.212 e. The van der Waals surface area contributed by atoms with Gasteiger partial charge in [-0.1, -0.05) is 259 Å². The third-order valence-electron chi connectivity index (χ3n) is 13.5. The van der Waals surface area contributed by atoms with E-state index in [9.17, 15) is 5.11 Å². The molecule has 63 heavy (non-hydrogen) atoms. The van der Waals surface area contributed by atoms with Gasteiger partial charge >= 0.3 is 0 Å². The van der Waals surface area contributed by atoms with Crippen LogP contribution in [-0.2, 0) is 4.74 Å². The summed E-state index contributed by atoms with van der Waals surface area (Å²) in [5, 5.41) is 10.0. The minimum atomic E-state index is -0.322. The topological polar surface area (TPSA) is 45.2 Å². The van der Waals surface area contributed by atoms with E-state index in [0.29, 0.717) is 6.61 Å². The number of rotatable bonds is 52. The smallest absolute Gasteiger partial charge is 0.212 e. The normalized spacial score (nSPS) is 12.3. The minimum Gasteiger partial charge on any atom is -0.508 e. The molecule has 0 aliphatic carbocycles. The molecule has 0 bridgehead atoms. The second-order valence-electron chi connectivity index (χ2n) is 19.8. The Kier molecular flexibility index (Phi) is 46.1. The first kappa shape index (κ1) is 59.7. The molecule has 0 aromatic heterocycles. The number of hydrogen-bond donors (Lipinski definition) is 1. The summed E-state index contributed by atoms with van der Waals surface area (Å²) in [5.74, 6) is 1.06. The number of nitrogens with zero attached hydrogens (tertiary/aromatic N) is 2. The molecule has 1 unspecified atom stereocenters. The molecule has 0 aliphatic rings. The fourth-order valence-corrected chi connectivity index (χ4v) is 9.25. The molecule has 0 heterocycles. The lowest BCUT2D eigenvalue weighted by atomic mass is 10.1. The SMILES string of the molecule is CCCCCCCCCCCCN(CCCCCCCCCCCC)CCOC(CN(CCCCCCCCCCCC)CCCCCCCCCCCC)Oc1ccc(O)cc1. The van der Waals surface area contributed by atoms with Crippen LogP contribution in [0.1, 0.15) is 285 Å². The van der Waals surface area contributed by atoms with Crippen molar-refractivity contribution in [2.75, 3.05) is 45.9 Å². The summed E-state index contributed by atoms with van der Waals surface area (Å²) in [6.45, 7) is 16.3. The molecule has 0 aliphatic heterocycles. The van der Waals surface area contributed by atoms with E-state index in [1.807, 2.05) is 12.1 Å². The van der Waals surface area contributed by atoms with Crippen LogP contribution in [0.15, 0.2) is 24.3 Å². The molecule has 0 spiro atoms. The van der Waals surface area contributed by atoms with Crippen LogP contribution in [0.4, 0.5) is 0 Å². The van der Waals surface area contributed by atoms with E-state index in [1.54, 1.807) is 12.1 Å². The first-order valence-electron chi connectivity index (χ1n) is 28.6. The van der Waals surface area contributed by atoms with Crippen molar-refractivity contribution >= 4 is 0 Å². The Balaban J connectivity index is 2.81. The van der Waals surface area contributed by atoms with Crippen molar-refractivity contribution in [3.8, 4) is 11.5 Å². The van der Waals surface area contributed by atoms with Gasteiger partial charge in [0.25, 0.3) is 0 Å². The standard InChI is InChI=1S/C58H112N2O3/c1-5-9-13-17-21-25-29-33-37-41-49-59(50-42-38-34-30-26-22-18-14-10-6-2)53-54-62-58(63-57-47-45-56(61)46-48-57)55-60(51-43-39-35-31-27-23-19-15-11-7-3)52-44-40-36-32-28-24-20-16-12-8-4/h45-48,58,61H,5-44,49-55H2,1-4H3. The first-order chi connectivity index (χ1) is 31.1. The highest BCUT2D eigenvalue weighted by Crippen LogP contribution is 2.20. The average Bonchev–Trinajstić information content (AvgIpc) is 3.29. The number of phenolic OH excluding ortho intramolecular Hbond substituents is 1. The van der Waals surface area contributed by atoms with E-state index in [4.69, 9.17) is 9.47 Å². The third kappa shape index (κ3) is 41.8. The molecule has 1 N–H and O–H groups in total. The van der Waals surface area contributed by atoms with E-state index in [0.717, 1.165) is 31.9 Å². The maximum atomic E-state index is 10.0. The lowest BCUT2D eigenvalue weighted by molar-refractivity contribution is -0.0997. The summed E-state index contributed by atoms with van der Waals surface area (Å²) in [4.78, 5) is 5.37. The number of aromatic hydroxyl groups is 1. The molecule has 0 radical (unpaired) electrons. The Hall–Kier alpha value is -1.30. The van der Waals surface area contributed by atoms with Gasteiger partial charge in [-0.05, 0) is 76.1 Å². The van der Waals surface area contributed by atoms with Crippen molar-refractivity contribution in [3.05, 3.63) is 24.3 Å². The van der Waals surface area contributed by atoms with Gasteiger partial charge < -0.3 is 19.5 Å². The van der Waals surface area contributed by atoms with Gasteiger partial charge in [0, 0.05) is 6.54 Å². The van der Waals surface area contributed by atoms with Crippen LogP contribution < -0.4 is 4.74 Å². The fraction of sp³-hybridized carbons (Fsp3) is 0.897. The zero-order valence-corrected chi connectivity index (χ0v) is 43.3. The van der Waals surface area contributed by atoms with Crippen molar-refractivity contribution in [1.82, 2.24) is 9.80 Å².